The Morgan fingerprint density at radius 3 is 2.21 bits per heavy atom. The number of nitrogens with one attached hydrogen (secondary N) is 2. The molecule has 0 atom stereocenters. The Balaban J connectivity index is 1.51. The number of ether oxygens (including phenoxy) is 1. The van der Waals surface area contributed by atoms with Crippen molar-refractivity contribution in [3.8, 4) is 0 Å². The highest BCUT2D eigenvalue weighted by molar-refractivity contribution is 6.53. The van der Waals surface area contributed by atoms with Gasteiger partial charge in [-0.05, 0) is 81.3 Å². The number of amides is 3. The van der Waals surface area contributed by atoms with Crippen LogP contribution in [0.3, 0.4) is 0 Å². The van der Waals surface area contributed by atoms with Crippen LogP contribution in [0.2, 0.25) is 0 Å². The Morgan fingerprint density at radius 2 is 1.50 bits per heavy atom. The molecule has 0 radical (unpaired) electrons. The molecule has 3 aromatic rings. The molecular formula is C29H26ClN3O5. The standard InChI is InChI=1S/C29H26ClN3O5/c1-16(2)38-29(37)20-10-7-12-22(15-20)32-26(34)19-9-6-11-21(14-19)31-25-24(30)27(35)33(28(25)36)23-13-5-8-17(3)18(23)4/h5-16,31H,1-4H3,(H,32,34). The van der Waals surface area contributed by atoms with Crippen LogP contribution in [0.25, 0.3) is 0 Å². The molecule has 194 valence electrons. The number of anilines is 3. The van der Waals surface area contributed by atoms with Gasteiger partial charge in [-0.1, -0.05) is 35.9 Å². The van der Waals surface area contributed by atoms with Crippen LogP contribution >= 0.6 is 11.6 Å². The van der Waals surface area contributed by atoms with Gasteiger partial charge in [0.1, 0.15) is 10.7 Å². The normalized spacial score (nSPS) is 13.3. The van der Waals surface area contributed by atoms with Crippen LogP contribution in [0.5, 0.6) is 0 Å². The van der Waals surface area contributed by atoms with Crippen LogP contribution in [-0.4, -0.2) is 29.8 Å². The van der Waals surface area contributed by atoms with E-state index in [-0.39, 0.29) is 22.4 Å². The molecular weight excluding hydrogens is 506 g/mol. The van der Waals surface area contributed by atoms with Crippen LogP contribution in [0.1, 0.15) is 45.7 Å². The van der Waals surface area contributed by atoms with Gasteiger partial charge in [0.15, 0.2) is 0 Å². The molecule has 8 nitrogen and oxygen atoms in total. The number of aryl methyl sites for hydroxylation is 1. The molecule has 0 aromatic heterocycles. The lowest BCUT2D eigenvalue weighted by molar-refractivity contribution is -0.120. The summed E-state index contributed by atoms with van der Waals surface area (Å²) < 4.78 is 5.20. The van der Waals surface area contributed by atoms with Gasteiger partial charge < -0.3 is 15.4 Å². The first kappa shape index (κ1) is 26.6. The Morgan fingerprint density at radius 1 is 0.868 bits per heavy atom. The number of hydrogen-bond acceptors (Lipinski definition) is 6. The van der Waals surface area contributed by atoms with Gasteiger partial charge in [0.05, 0.1) is 17.4 Å². The maximum Gasteiger partial charge on any atom is 0.338 e. The SMILES string of the molecule is Cc1cccc(N2C(=O)C(Cl)=C(Nc3cccc(C(=O)Nc4cccc(C(=O)OC(C)C)c4)c3)C2=O)c1C. The van der Waals surface area contributed by atoms with Crippen molar-refractivity contribution in [3.05, 3.63) is 99.7 Å². The highest BCUT2D eigenvalue weighted by atomic mass is 35.5. The van der Waals surface area contributed by atoms with Crippen molar-refractivity contribution >= 4 is 52.4 Å². The third-order valence-corrected chi connectivity index (χ3v) is 6.29. The first-order valence-corrected chi connectivity index (χ1v) is 12.3. The summed E-state index contributed by atoms with van der Waals surface area (Å²) in [5.41, 5.74) is 3.51. The third kappa shape index (κ3) is 5.45. The summed E-state index contributed by atoms with van der Waals surface area (Å²) in [6, 6.07) is 18.2. The molecule has 1 heterocycles. The summed E-state index contributed by atoms with van der Waals surface area (Å²) in [6.07, 6.45) is -0.269. The first-order valence-electron chi connectivity index (χ1n) is 11.9. The predicted molar refractivity (Wildman–Crippen MR) is 146 cm³/mol. The second-order valence-electron chi connectivity index (χ2n) is 9.05. The van der Waals surface area contributed by atoms with E-state index < -0.39 is 23.7 Å². The molecule has 0 saturated carbocycles. The van der Waals surface area contributed by atoms with E-state index in [0.29, 0.717) is 22.6 Å². The largest absolute Gasteiger partial charge is 0.459 e. The second-order valence-corrected chi connectivity index (χ2v) is 9.43. The maximum absolute atomic E-state index is 13.2. The number of esters is 1. The van der Waals surface area contributed by atoms with Gasteiger partial charge in [0, 0.05) is 16.9 Å². The van der Waals surface area contributed by atoms with Crippen molar-refractivity contribution in [2.75, 3.05) is 15.5 Å². The number of halogens is 1. The molecule has 3 aromatic carbocycles. The molecule has 0 saturated heterocycles. The number of benzene rings is 3. The van der Waals surface area contributed by atoms with Crippen molar-refractivity contribution in [2.45, 2.75) is 33.8 Å². The van der Waals surface area contributed by atoms with E-state index in [1.54, 1.807) is 62.4 Å². The van der Waals surface area contributed by atoms with E-state index in [1.165, 1.54) is 12.1 Å². The van der Waals surface area contributed by atoms with Crippen LogP contribution in [0, 0.1) is 13.8 Å². The molecule has 9 heteroatoms. The first-order chi connectivity index (χ1) is 18.1. The Kier molecular flexibility index (Phi) is 7.64. The van der Waals surface area contributed by atoms with E-state index in [1.807, 2.05) is 19.9 Å². The molecule has 38 heavy (non-hydrogen) atoms. The second kappa shape index (κ2) is 10.9. The molecule has 0 unspecified atom stereocenters. The smallest absolute Gasteiger partial charge is 0.338 e. The predicted octanol–water partition coefficient (Wildman–Crippen LogP) is 5.56. The maximum atomic E-state index is 13.2. The Hall–Kier alpha value is -4.43. The molecule has 0 bridgehead atoms. The van der Waals surface area contributed by atoms with Crippen molar-refractivity contribution in [2.24, 2.45) is 0 Å². The van der Waals surface area contributed by atoms with E-state index >= 15 is 0 Å². The summed E-state index contributed by atoms with van der Waals surface area (Å²) in [5.74, 6) is -2.14. The van der Waals surface area contributed by atoms with E-state index in [0.717, 1.165) is 16.0 Å². The lowest BCUT2D eigenvalue weighted by Gasteiger charge is -2.18. The van der Waals surface area contributed by atoms with Gasteiger partial charge in [0.25, 0.3) is 17.7 Å². The van der Waals surface area contributed by atoms with Crippen LogP contribution in [-0.2, 0) is 14.3 Å². The zero-order valence-corrected chi connectivity index (χ0v) is 22.1. The number of nitrogens with zero attached hydrogens (tertiary/aromatic N) is 1. The fourth-order valence-corrected chi connectivity index (χ4v) is 4.11. The van der Waals surface area contributed by atoms with Gasteiger partial charge in [-0.3, -0.25) is 14.4 Å². The number of hydrogen-bond donors (Lipinski definition) is 2. The zero-order valence-electron chi connectivity index (χ0n) is 21.3. The minimum absolute atomic E-state index is 0.0773. The van der Waals surface area contributed by atoms with Crippen LogP contribution in [0.4, 0.5) is 17.1 Å². The van der Waals surface area contributed by atoms with Crippen molar-refractivity contribution in [3.63, 3.8) is 0 Å². The van der Waals surface area contributed by atoms with Gasteiger partial charge in [-0.2, -0.15) is 0 Å². The van der Waals surface area contributed by atoms with Gasteiger partial charge in [-0.15, -0.1) is 0 Å². The Labute approximate surface area is 225 Å². The fourth-order valence-electron chi connectivity index (χ4n) is 3.90. The highest BCUT2D eigenvalue weighted by Crippen LogP contribution is 2.33. The summed E-state index contributed by atoms with van der Waals surface area (Å²) in [6.45, 7) is 7.23. The van der Waals surface area contributed by atoms with Gasteiger partial charge in [-0.25, -0.2) is 9.69 Å². The average molecular weight is 532 g/mol. The molecule has 0 spiro atoms. The lowest BCUT2D eigenvalue weighted by atomic mass is 10.1. The minimum Gasteiger partial charge on any atom is -0.459 e. The highest BCUT2D eigenvalue weighted by Gasteiger charge is 2.39. The topological polar surface area (TPSA) is 105 Å². The van der Waals surface area contributed by atoms with Crippen molar-refractivity contribution < 1.29 is 23.9 Å². The van der Waals surface area contributed by atoms with Crippen molar-refractivity contribution in [1.82, 2.24) is 0 Å². The quantitative estimate of drug-likeness (QED) is 0.305. The monoisotopic (exact) mass is 531 g/mol. The third-order valence-electron chi connectivity index (χ3n) is 5.94. The number of imide groups is 1. The van der Waals surface area contributed by atoms with Crippen molar-refractivity contribution in [1.29, 1.82) is 0 Å². The minimum atomic E-state index is -0.627. The van der Waals surface area contributed by atoms with Crippen LogP contribution < -0.4 is 15.5 Å². The molecule has 3 amide bonds. The van der Waals surface area contributed by atoms with Gasteiger partial charge in [0.2, 0.25) is 0 Å². The summed E-state index contributed by atoms with van der Waals surface area (Å²) in [5, 5.41) is 5.41. The number of carbonyl (C=O) groups is 4. The molecule has 0 aliphatic carbocycles. The average Bonchev–Trinajstić information content (AvgIpc) is 3.08. The lowest BCUT2D eigenvalue weighted by Crippen LogP contribution is -2.33. The fraction of sp³-hybridized carbons (Fsp3) is 0.172. The summed E-state index contributed by atoms with van der Waals surface area (Å²) in [4.78, 5) is 52.2. The van der Waals surface area contributed by atoms with Crippen LogP contribution in [0.15, 0.2) is 77.5 Å². The molecule has 1 aliphatic rings. The molecule has 4 rings (SSSR count). The molecule has 2 N–H and O–H groups in total. The number of rotatable bonds is 7. The zero-order chi connectivity index (χ0) is 27.6. The molecule has 1 aliphatic heterocycles. The summed E-state index contributed by atoms with van der Waals surface area (Å²) in [7, 11) is 0. The molecule has 0 fully saturated rings. The Bertz CT molecular complexity index is 1500. The van der Waals surface area contributed by atoms with E-state index in [4.69, 9.17) is 16.3 Å². The summed E-state index contributed by atoms with van der Waals surface area (Å²) >= 11 is 6.28. The van der Waals surface area contributed by atoms with E-state index in [2.05, 4.69) is 10.6 Å². The van der Waals surface area contributed by atoms with Gasteiger partial charge >= 0.3 is 5.97 Å². The number of carbonyl (C=O) groups excluding carboxylic acids is 4. The van der Waals surface area contributed by atoms with E-state index in [9.17, 15) is 19.2 Å².